The molecule has 0 saturated heterocycles. The van der Waals surface area contributed by atoms with Crippen molar-refractivity contribution in [3.8, 4) is 0 Å². The number of carbonyl (C=O) groups excluding carboxylic acids is 2. The first-order valence-electron chi connectivity index (χ1n) is 7.63. The van der Waals surface area contributed by atoms with Crippen LogP contribution in [-0.4, -0.2) is 30.5 Å². The minimum Gasteiger partial charge on any atom is -0.462 e. The van der Waals surface area contributed by atoms with E-state index in [9.17, 15) is 9.59 Å². The lowest BCUT2D eigenvalue weighted by molar-refractivity contribution is 0.0455. The number of hydrogen-bond donors (Lipinski definition) is 0. The van der Waals surface area contributed by atoms with E-state index in [1.165, 1.54) is 0 Å². The number of carbonyl (C=O) groups is 2. The van der Waals surface area contributed by atoms with E-state index in [0.717, 1.165) is 25.7 Å². The van der Waals surface area contributed by atoms with E-state index in [-0.39, 0.29) is 23.1 Å². The van der Waals surface area contributed by atoms with E-state index in [2.05, 4.69) is 6.92 Å². The third-order valence-corrected chi connectivity index (χ3v) is 3.17. The fourth-order valence-corrected chi connectivity index (χ4v) is 1.94. The molecule has 5 heteroatoms. The van der Waals surface area contributed by atoms with Crippen molar-refractivity contribution in [2.75, 3.05) is 13.2 Å². The second-order valence-corrected chi connectivity index (χ2v) is 5.87. The van der Waals surface area contributed by atoms with Crippen molar-refractivity contribution in [2.45, 2.75) is 44.9 Å². The summed E-state index contributed by atoms with van der Waals surface area (Å²) in [6.07, 6.45) is 4.11. The van der Waals surface area contributed by atoms with Crippen LogP contribution in [0.5, 0.6) is 0 Å². The van der Waals surface area contributed by atoms with Gasteiger partial charge in [-0.1, -0.05) is 38.3 Å². The number of halogens is 1. The average Bonchev–Trinajstić information content (AvgIpc) is 2.52. The molecule has 0 aliphatic rings. The van der Waals surface area contributed by atoms with Gasteiger partial charge in [0.15, 0.2) is 0 Å². The topological polar surface area (TPSA) is 52.6 Å². The summed E-state index contributed by atoms with van der Waals surface area (Å²) in [6.45, 7) is 4.31. The maximum Gasteiger partial charge on any atom is 0.339 e. The molecule has 0 aromatic heterocycles. The standard InChI is InChI=1S/C17H23ClO4/c1-3-4-5-8-11-21-16(19)14-9-6-7-10-15(14)17(20)22-12-13(2)18/h6-7,9-10,13H,3-5,8,11-12H2,1-2H3. The van der Waals surface area contributed by atoms with Crippen molar-refractivity contribution in [1.29, 1.82) is 0 Å². The highest BCUT2D eigenvalue weighted by atomic mass is 35.5. The number of ether oxygens (including phenoxy) is 2. The van der Waals surface area contributed by atoms with Crippen LogP contribution in [0.15, 0.2) is 24.3 Å². The largest absolute Gasteiger partial charge is 0.462 e. The Morgan fingerprint density at radius 3 is 2.18 bits per heavy atom. The lowest BCUT2D eigenvalue weighted by atomic mass is 10.1. The summed E-state index contributed by atoms with van der Waals surface area (Å²) in [5.74, 6) is -1.06. The van der Waals surface area contributed by atoms with Crippen LogP contribution < -0.4 is 0 Å². The minimum absolute atomic E-state index is 0.0980. The number of alkyl halides is 1. The number of esters is 2. The Kier molecular flexibility index (Phi) is 8.60. The molecule has 4 nitrogen and oxygen atoms in total. The van der Waals surface area contributed by atoms with Crippen LogP contribution in [0.1, 0.15) is 60.2 Å². The Balaban J connectivity index is 2.62. The van der Waals surface area contributed by atoms with Crippen LogP contribution in [0, 0.1) is 0 Å². The van der Waals surface area contributed by atoms with Gasteiger partial charge < -0.3 is 9.47 Å². The van der Waals surface area contributed by atoms with Gasteiger partial charge in [0.1, 0.15) is 6.61 Å². The summed E-state index contributed by atoms with van der Waals surface area (Å²) in [5, 5.41) is -0.276. The van der Waals surface area contributed by atoms with Crippen LogP contribution in [0.3, 0.4) is 0 Å². The molecular formula is C17H23ClO4. The molecule has 0 saturated carbocycles. The molecule has 0 aliphatic heterocycles. The number of hydrogen-bond acceptors (Lipinski definition) is 4. The number of rotatable bonds is 9. The quantitative estimate of drug-likeness (QED) is 0.387. The van der Waals surface area contributed by atoms with E-state index >= 15 is 0 Å². The number of benzene rings is 1. The van der Waals surface area contributed by atoms with Crippen LogP contribution in [0.25, 0.3) is 0 Å². The van der Waals surface area contributed by atoms with Gasteiger partial charge in [0, 0.05) is 0 Å². The van der Waals surface area contributed by atoms with Crippen molar-refractivity contribution in [3.05, 3.63) is 35.4 Å². The van der Waals surface area contributed by atoms with E-state index in [0.29, 0.717) is 6.61 Å². The van der Waals surface area contributed by atoms with Crippen molar-refractivity contribution in [2.24, 2.45) is 0 Å². The van der Waals surface area contributed by atoms with Gasteiger partial charge in [-0.05, 0) is 25.5 Å². The predicted molar refractivity (Wildman–Crippen MR) is 86.5 cm³/mol. The molecule has 1 aromatic rings. The van der Waals surface area contributed by atoms with Crippen LogP contribution >= 0.6 is 11.6 Å². The summed E-state index contributed by atoms with van der Waals surface area (Å²) in [7, 11) is 0. The minimum atomic E-state index is -0.564. The zero-order valence-corrected chi connectivity index (χ0v) is 13.9. The van der Waals surface area contributed by atoms with Gasteiger partial charge in [-0.2, -0.15) is 0 Å². The molecule has 1 rings (SSSR count). The first kappa shape index (κ1) is 18.5. The van der Waals surface area contributed by atoms with Crippen LogP contribution in [0.2, 0.25) is 0 Å². The highest BCUT2D eigenvalue weighted by molar-refractivity contribution is 6.20. The average molecular weight is 327 g/mol. The highest BCUT2D eigenvalue weighted by Gasteiger charge is 2.19. The first-order chi connectivity index (χ1) is 10.6. The summed E-state index contributed by atoms with van der Waals surface area (Å²) in [4.78, 5) is 24.1. The molecule has 1 atom stereocenters. The molecule has 122 valence electrons. The Bertz CT molecular complexity index is 485. The van der Waals surface area contributed by atoms with E-state index in [1.54, 1.807) is 31.2 Å². The van der Waals surface area contributed by atoms with Crippen molar-refractivity contribution < 1.29 is 19.1 Å². The molecule has 0 N–H and O–H groups in total. The normalized spacial score (nSPS) is 11.8. The molecular weight excluding hydrogens is 304 g/mol. The Morgan fingerprint density at radius 2 is 1.64 bits per heavy atom. The highest BCUT2D eigenvalue weighted by Crippen LogP contribution is 2.13. The van der Waals surface area contributed by atoms with E-state index in [4.69, 9.17) is 21.1 Å². The van der Waals surface area contributed by atoms with Gasteiger partial charge in [0.25, 0.3) is 0 Å². The molecule has 0 spiro atoms. The molecule has 22 heavy (non-hydrogen) atoms. The molecule has 0 bridgehead atoms. The molecule has 0 amide bonds. The third-order valence-electron chi connectivity index (χ3n) is 3.04. The molecule has 0 fully saturated rings. The van der Waals surface area contributed by atoms with Gasteiger partial charge in [0.2, 0.25) is 0 Å². The molecule has 1 aromatic carbocycles. The van der Waals surface area contributed by atoms with E-state index < -0.39 is 11.9 Å². The smallest absolute Gasteiger partial charge is 0.339 e. The van der Waals surface area contributed by atoms with Gasteiger partial charge in [-0.15, -0.1) is 11.6 Å². The summed E-state index contributed by atoms with van der Waals surface area (Å²) >= 11 is 5.75. The molecule has 1 unspecified atom stereocenters. The summed E-state index contributed by atoms with van der Waals surface area (Å²) < 4.78 is 10.3. The lowest BCUT2D eigenvalue weighted by Crippen LogP contribution is -2.17. The third kappa shape index (κ3) is 6.48. The van der Waals surface area contributed by atoms with Crippen molar-refractivity contribution in [3.63, 3.8) is 0 Å². The lowest BCUT2D eigenvalue weighted by Gasteiger charge is -2.10. The van der Waals surface area contributed by atoms with Gasteiger partial charge >= 0.3 is 11.9 Å². The zero-order valence-electron chi connectivity index (χ0n) is 13.1. The second-order valence-electron chi connectivity index (χ2n) is 5.12. The predicted octanol–water partition coefficient (Wildman–Crippen LogP) is 4.21. The Hall–Kier alpha value is -1.55. The maximum absolute atomic E-state index is 12.1. The number of unbranched alkanes of at least 4 members (excludes halogenated alkanes) is 3. The first-order valence-corrected chi connectivity index (χ1v) is 8.07. The van der Waals surface area contributed by atoms with Crippen molar-refractivity contribution in [1.82, 2.24) is 0 Å². The zero-order chi connectivity index (χ0) is 16.4. The molecule has 0 aliphatic carbocycles. The molecule has 0 radical (unpaired) electrons. The summed E-state index contributed by atoms with van der Waals surface area (Å²) in [6, 6.07) is 6.48. The fraction of sp³-hybridized carbons (Fsp3) is 0.529. The Labute approximate surface area is 136 Å². The van der Waals surface area contributed by atoms with Gasteiger partial charge in [-0.3, -0.25) is 0 Å². The summed E-state index contributed by atoms with van der Waals surface area (Å²) in [5.41, 5.74) is 0.434. The SMILES string of the molecule is CCCCCCOC(=O)c1ccccc1C(=O)OCC(C)Cl. The maximum atomic E-state index is 12.1. The van der Waals surface area contributed by atoms with Gasteiger partial charge in [0.05, 0.1) is 23.1 Å². The van der Waals surface area contributed by atoms with Crippen LogP contribution in [0.4, 0.5) is 0 Å². The monoisotopic (exact) mass is 326 g/mol. The van der Waals surface area contributed by atoms with Crippen molar-refractivity contribution >= 4 is 23.5 Å². The fourth-order valence-electron chi connectivity index (χ4n) is 1.88. The second kappa shape index (κ2) is 10.2. The van der Waals surface area contributed by atoms with Gasteiger partial charge in [-0.25, -0.2) is 9.59 Å². The van der Waals surface area contributed by atoms with E-state index in [1.807, 2.05) is 0 Å². The Morgan fingerprint density at radius 1 is 1.05 bits per heavy atom. The van der Waals surface area contributed by atoms with Crippen LogP contribution in [-0.2, 0) is 9.47 Å². The molecule has 0 heterocycles.